The maximum absolute atomic E-state index is 10.4. The SMILES string of the molecule is C=C(OC)N1CCC(n2ncc3c(N4CCOCC4)nc(-c4ccccc4O)nc32)CC1. The average Bonchev–Trinajstić information content (AvgIpc) is 3.28. The molecule has 0 atom stereocenters. The molecule has 2 aromatic heterocycles. The highest BCUT2D eigenvalue weighted by Gasteiger charge is 2.27. The van der Waals surface area contributed by atoms with E-state index in [9.17, 15) is 5.11 Å². The fourth-order valence-corrected chi connectivity index (χ4v) is 4.47. The van der Waals surface area contributed by atoms with Gasteiger partial charge in [0.05, 0.1) is 43.5 Å². The van der Waals surface area contributed by atoms with Crippen molar-refractivity contribution < 1.29 is 14.6 Å². The summed E-state index contributed by atoms with van der Waals surface area (Å²) in [5, 5.41) is 16.1. The molecule has 2 aliphatic heterocycles. The van der Waals surface area contributed by atoms with E-state index in [0.717, 1.165) is 55.9 Å². The number of anilines is 1. The minimum atomic E-state index is 0.164. The Balaban J connectivity index is 1.56. The van der Waals surface area contributed by atoms with Crippen molar-refractivity contribution in [1.82, 2.24) is 24.6 Å². The molecule has 2 saturated heterocycles. The second-order valence-corrected chi connectivity index (χ2v) is 8.13. The van der Waals surface area contributed by atoms with Gasteiger partial charge < -0.3 is 24.4 Å². The van der Waals surface area contributed by atoms with Crippen LogP contribution in [-0.2, 0) is 9.47 Å². The lowest BCUT2D eigenvalue weighted by molar-refractivity contribution is 0.118. The first-order valence-corrected chi connectivity index (χ1v) is 11.0. The van der Waals surface area contributed by atoms with Crippen molar-refractivity contribution in [2.75, 3.05) is 51.4 Å². The van der Waals surface area contributed by atoms with Crippen molar-refractivity contribution in [3.63, 3.8) is 0 Å². The average molecular weight is 437 g/mol. The highest BCUT2D eigenvalue weighted by molar-refractivity contribution is 5.89. The molecule has 9 nitrogen and oxygen atoms in total. The van der Waals surface area contributed by atoms with E-state index in [0.29, 0.717) is 30.5 Å². The van der Waals surface area contributed by atoms with Crippen LogP contribution in [-0.4, -0.2) is 76.3 Å². The van der Waals surface area contributed by atoms with Crippen LogP contribution in [0.25, 0.3) is 22.4 Å². The molecule has 0 saturated carbocycles. The zero-order valence-electron chi connectivity index (χ0n) is 18.3. The number of piperidine rings is 1. The molecule has 168 valence electrons. The number of aromatic hydroxyl groups is 1. The van der Waals surface area contributed by atoms with Crippen LogP contribution < -0.4 is 4.90 Å². The summed E-state index contributed by atoms with van der Waals surface area (Å²) in [5.41, 5.74) is 1.41. The quantitative estimate of drug-likeness (QED) is 0.611. The van der Waals surface area contributed by atoms with Crippen molar-refractivity contribution in [2.45, 2.75) is 18.9 Å². The molecular weight excluding hydrogens is 408 g/mol. The number of morpholine rings is 1. The number of phenols is 1. The van der Waals surface area contributed by atoms with E-state index in [1.54, 1.807) is 19.2 Å². The second kappa shape index (κ2) is 8.66. The maximum atomic E-state index is 10.4. The number of ether oxygens (including phenoxy) is 2. The van der Waals surface area contributed by atoms with Crippen molar-refractivity contribution in [2.24, 2.45) is 0 Å². The summed E-state index contributed by atoms with van der Waals surface area (Å²) in [6, 6.07) is 7.40. The Morgan fingerprint density at radius 3 is 2.59 bits per heavy atom. The van der Waals surface area contributed by atoms with Gasteiger partial charge in [0.15, 0.2) is 17.4 Å². The largest absolute Gasteiger partial charge is 0.507 e. The molecule has 2 aliphatic rings. The number of nitrogens with zero attached hydrogens (tertiary/aromatic N) is 6. The minimum absolute atomic E-state index is 0.164. The highest BCUT2D eigenvalue weighted by atomic mass is 16.5. The molecule has 4 heterocycles. The van der Waals surface area contributed by atoms with Crippen molar-refractivity contribution >= 4 is 16.9 Å². The van der Waals surface area contributed by atoms with Gasteiger partial charge in [0, 0.05) is 26.2 Å². The van der Waals surface area contributed by atoms with Crippen LogP contribution in [0.2, 0.25) is 0 Å². The van der Waals surface area contributed by atoms with Crippen LogP contribution in [0.4, 0.5) is 5.82 Å². The number of aromatic nitrogens is 4. The molecule has 0 aliphatic carbocycles. The standard InChI is InChI=1S/C23H28N6O3/c1-16(31-2)27-9-7-17(8-10-27)29-23-19(15-24-29)22(28-11-13-32-14-12-28)25-21(26-23)18-5-3-4-6-20(18)30/h3-6,15,17,30H,1,7-14H2,2H3. The summed E-state index contributed by atoms with van der Waals surface area (Å²) in [6.07, 6.45) is 3.71. The van der Waals surface area contributed by atoms with Crippen LogP contribution in [0.1, 0.15) is 18.9 Å². The number of hydrogen-bond acceptors (Lipinski definition) is 8. The van der Waals surface area contributed by atoms with E-state index >= 15 is 0 Å². The number of hydrogen-bond donors (Lipinski definition) is 1. The smallest absolute Gasteiger partial charge is 0.181 e. The van der Waals surface area contributed by atoms with Crippen LogP contribution in [0.15, 0.2) is 42.9 Å². The molecule has 3 aromatic rings. The zero-order valence-corrected chi connectivity index (χ0v) is 18.3. The van der Waals surface area contributed by atoms with Gasteiger partial charge in [-0.3, -0.25) is 0 Å². The van der Waals surface area contributed by atoms with E-state index in [2.05, 4.69) is 16.4 Å². The summed E-state index contributed by atoms with van der Waals surface area (Å²) in [5.74, 6) is 2.21. The Morgan fingerprint density at radius 2 is 1.88 bits per heavy atom. The van der Waals surface area contributed by atoms with Crippen LogP contribution in [0.3, 0.4) is 0 Å². The first-order valence-electron chi connectivity index (χ1n) is 11.0. The first kappa shape index (κ1) is 20.6. The monoisotopic (exact) mass is 436 g/mol. The van der Waals surface area contributed by atoms with E-state index in [1.165, 1.54) is 0 Å². The number of benzene rings is 1. The predicted molar refractivity (Wildman–Crippen MR) is 121 cm³/mol. The normalized spacial score (nSPS) is 17.7. The van der Waals surface area contributed by atoms with Crippen LogP contribution in [0, 0.1) is 0 Å². The molecular formula is C23H28N6O3. The Morgan fingerprint density at radius 1 is 1.12 bits per heavy atom. The van der Waals surface area contributed by atoms with Gasteiger partial charge in [0.25, 0.3) is 0 Å². The minimum Gasteiger partial charge on any atom is -0.507 e. The molecule has 2 fully saturated rings. The highest BCUT2D eigenvalue weighted by Crippen LogP contribution is 2.34. The zero-order chi connectivity index (χ0) is 22.1. The second-order valence-electron chi connectivity index (χ2n) is 8.13. The Hall–Kier alpha value is -3.33. The topological polar surface area (TPSA) is 88.8 Å². The molecule has 1 aromatic carbocycles. The van der Waals surface area contributed by atoms with Gasteiger partial charge in [-0.05, 0) is 31.6 Å². The number of methoxy groups -OCH3 is 1. The van der Waals surface area contributed by atoms with E-state index in [4.69, 9.17) is 24.5 Å². The number of rotatable bonds is 5. The van der Waals surface area contributed by atoms with Gasteiger partial charge in [-0.1, -0.05) is 12.1 Å². The summed E-state index contributed by atoms with van der Waals surface area (Å²) >= 11 is 0. The third-order valence-electron chi connectivity index (χ3n) is 6.29. The number of phenolic OH excluding ortho intramolecular Hbond substituents is 1. The molecule has 0 amide bonds. The van der Waals surface area contributed by atoms with E-state index < -0.39 is 0 Å². The van der Waals surface area contributed by atoms with Gasteiger partial charge >= 0.3 is 0 Å². The number of likely N-dealkylation sites (tertiary alicyclic amines) is 1. The fraction of sp³-hybridized carbons (Fsp3) is 0.435. The summed E-state index contributed by atoms with van der Waals surface area (Å²) in [6.45, 7) is 8.52. The molecule has 32 heavy (non-hydrogen) atoms. The fourth-order valence-electron chi connectivity index (χ4n) is 4.47. The molecule has 0 bridgehead atoms. The van der Waals surface area contributed by atoms with Gasteiger partial charge in [-0.15, -0.1) is 0 Å². The summed E-state index contributed by atoms with van der Waals surface area (Å²) < 4.78 is 12.9. The number of fused-ring (bicyclic) bond motifs is 1. The molecule has 1 N–H and O–H groups in total. The third kappa shape index (κ3) is 3.73. The van der Waals surface area contributed by atoms with Gasteiger partial charge in [-0.2, -0.15) is 5.10 Å². The molecule has 9 heteroatoms. The van der Waals surface area contributed by atoms with Gasteiger partial charge in [0.1, 0.15) is 11.6 Å². The summed E-state index contributed by atoms with van der Waals surface area (Å²) in [7, 11) is 1.65. The lowest BCUT2D eigenvalue weighted by Crippen LogP contribution is -2.37. The van der Waals surface area contributed by atoms with Gasteiger partial charge in [-0.25, -0.2) is 14.6 Å². The van der Waals surface area contributed by atoms with E-state index in [1.807, 2.05) is 23.0 Å². The Bertz CT molecular complexity index is 1120. The lowest BCUT2D eigenvalue weighted by atomic mass is 10.1. The number of para-hydroxylation sites is 1. The van der Waals surface area contributed by atoms with Crippen molar-refractivity contribution in [3.8, 4) is 17.1 Å². The van der Waals surface area contributed by atoms with Gasteiger partial charge in [0.2, 0.25) is 0 Å². The molecule has 0 unspecified atom stereocenters. The van der Waals surface area contributed by atoms with Crippen molar-refractivity contribution in [1.29, 1.82) is 0 Å². The third-order valence-corrected chi connectivity index (χ3v) is 6.29. The predicted octanol–water partition coefficient (Wildman–Crippen LogP) is 2.79. The lowest BCUT2D eigenvalue weighted by Gasteiger charge is -2.33. The molecule has 5 rings (SSSR count). The molecule has 0 spiro atoms. The Labute approximate surface area is 186 Å². The maximum Gasteiger partial charge on any atom is 0.181 e. The van der Waals surface area contributed by atoms with Crippen LogP contribution in [0.5, 0.6) is 5.75 Å². The van der Waals surface area contributed by atoms with Crippen LogP contribution >= 0.6 is 0 Å². The first-order chi connectivity index (χ1) is 15.7. The molecule has 0 radical (unpaired) electrons. The summed E-state index contributed by atoms with van der Waals surface area (Å²) in [4.78, 5) is 14.1. The van der Waals surface area contributed by atoms with Crippen molar-refractivity contribution in [3.05, 3.63) is 42.9 Å². The van der Waals surface area contributed by atoms with E-state index in [-0.39, 0.29) is 11.8 Å². The Kier molecular flexibility index (Phi) is 5.57.